The molecule has 3 aromatic carbocycles. The van der Waals surface area contributed by atoms with Crippen molar-refractivity contribution in [3.05, 3.63) is 83.8 Å². The van der Waals surface area contributed by atoms with Gasteiger partial charge in [-0.1, -0.05) is 18.2 Å². The van der Waals surface area contributed by atoms with E-state index < -0.39 is 11.7 Å². The highest BCUT2D eigenvalue weighted by Crippen LogP contribution is 2.24. The van der Waals surface area contributed by atoms with Crippen molar-refractivity contribution in [1.82, 2.24) is 14.7 Å². The van der Waals surface area contributed by atoms with Crippen molar-refractivity contribution in [3.63, 3.8) is 0 Å². The van der Waals surface area contributed by atoms with E-state index in [1.165, 1.54) is 11.0 Å². The van der Waals surface area contributed by atoms with Gasteiger partial charge in [0.15, 0.2) is 0 Å². The Morgan fingerprint density at radius 2 is 1.76 bits per heavy atom. The molecule has 0 aliphatic heterocycles. The van der Waals surface area contributed by atoms with Crippen LogP contribution < -0.4 is 16.0 Å². The second-order valence-electron chi connectivity index (χ2n) is 8.07. The monoisotopic (exact) mass is 460 g/mol. The minimum absolute atomic E-state index is 0.0827. The Balaban J connectivity index is 1.50. The van der Waals surface area contributed by atoms with Gasteiger partial charge in [-0.2, -0.15) is 5.10 Å². The van der Waals surface area contributed by atoms with Gasteiger partial charge >= 0.3 is 6.03 Å². The fourth-order valence-corrected chi connectivity index (χ4v) is 3.50. The van der Waals surface area contributed by atoms with Gasteiger partial charge in [0, 0.05) is 50.6 Å². The Morgan fingerprint density at radius 1 is 1.00 bits per heavy atom. The molecule has 4 rings (SSSR count). The van der Waals surface area contributed by atoms with Crippen molar-refractivity contribution in [3.8, 4) is 0 Å². The van der Waals surface area contributed by atoms with Crippen LogP contribution in [0.25, 0.3) is 10.9 Å². The molecule has 34 heavy (non-hydrogen) atoms. The van der Waals surface area contributed by atoms with Crippen LogP contribution in [0.5, 0.6) is 0 Å². The van der Waals surface area contributed by atoms with Gasteiger partial charge in [0.05, 0.1) is 16.8 Å². The van der Waals surface area contributed by atoms with Crippen LogP contribution in [0.2, 0.25) is 0 Å². The van der Waals surface area contributed by atoms with Gasteiger partial charge in [0.25, 0.3) is 5.91 Å². The lowest BCUT2D eigenvalue weighted by atomic mass is 10.1. The summed E-state index contributed by atoms with van der Waals surface area (Å²) in [5.74, 6) is -1.20. The first-order valence-electron chi connectivity index (χ1n) is 10.6. The summed E-state index contributed by atoms with van der Waals surface area (Å²) in [6.45, 7) is 0.329. The second kappa shape index (κ2) is 9.62. The van der Waals surface area contributed by atoms with Crippen molar-refractivity contribution in [2.24, 2.45) is 7.05 Å². The van der Waals surface area contributed by atoms with Crippen molar-refractivity contribution < 1.29 is 14.0 Å². The van der Waals surface area contributed by atoms with E-state index in [4.69, 9.17) is 0 Å². The number of urea groups is 1. The van der Waals surface area contributed by atoms with Crippen LogP contribution in [0.15, 0.2) is 66.9 Å². The number of aryl methyl sites for hydroxylation is 1. The van der Waals surface area contributed by atoms with Crippen LogP contribution in [0, 0.1) is 5.82 Å². The number of amides is 3. The maximum Gasteiger partial charge on any atom is 0.321 e. The van der Waals surface area contributed by atoms with Gasteiger partial charge in [-0.3, -0.25) is 9.48 Å². The van der Waals surface area contributed by atoms with Crippen molar-refractivity contribution in [2.75, 3.05) is 30.0 Å². The fourth-order valence-electron chi connectivity index (χ4n) is 3.50. The number of hydrogen-bond acceptors (Lipinski definition) is 4. The quantitative estimate of drug-likeness (QED) is 0.390. The Labute approximate surface area is 196 Å². The minimum atomic E-state index is -0.631. The van der Waals surface area contributed by atoms with Gasteiger partial charge < -0.3 is 20.9 Å². The van der Waals surface area contributed by atoms with Crippen molar-refractivity contribution in [2.45, 2.75) is 6.54 Å². The highest BCUT2D eigenvalue weighted by Gasteiger charge is 2.17. The molecule has 1 heterocycles. The molecule has 0 radical (unpaired) electrons. The van der Waals surface area contributed by atoms with Crippen LogP contribution in [0.1, 0.15) is 15.9 Å². The second-order valence-corrected chi connectivity index (χ2v) is 8.07. The lowest BCUT2D eigenvalue weighted by Gasteiger charge is -2.15. The number of aromatic nitrogens is 2. The van der Waals surface area contributed by atoms with E-state index in [-0.39, 0.29) is 11.6 Å². The summed E-state index contributed by atoms with van der Waals surface area (Å²) in [4.78, 5) is 26.3. The Hall–Kier alpha value is -4.40. The third-order valence-corrected chi connectivity index (χ3v) is 5.19. The van der Waals surface area contributed by atoms with Crippen LogP contribution >= 0.6 is 0 Å². The minimum Gasteiger partial charge on any atom is -0.380 e. The number of carbonyl (C=O) groups excluding carboxylic acids is 2. The number of halogens is 1. The number of carbonyl (C=O) groups is 2. The summed E-state index contributed by atoms with van der Waals surface area (Å²) in [6, 6.07) is 16.8. The molecule has 0 saturated carbocycles. The SMILES string of the molecule is CN(C)C(=O)Nc1cccc(CNc2cccc(F)c2C(=O)Nc2ccc3cn(C)nc3c2)c1. The molecular formula is C25H25FN6O2. The van der Waals surface area contributed by atoms with Gasteiger partial charge in [-0.05, 0) is 48.0 Å². The zero-order valence-corrected chi connectivity index (χ0v) is 19.1. The third-order valence-electron chi connectivity index (χ3n) is 5.19. The number of nitrogens with zero attached hydrogens (tertiary/aromatic N) is 3. The van der Waals surface area contributed by atoms with E-state index in [1.54, 1.807) is 49.1 Å². The maximum atomic E-state index is 14.7. The molecule has 4 aromatic rings. The maximum absolute atomic E-state index is 14.7. The molecule has 174 valence electrons. The predicted octanol–water partition coefficient (Wildman–Crippen LogP) is 4.67. The lowest BCUT2D eigenvalue weighted by Crippen LogP contribution is -2.27. The number of anilines is 3. The first kappa shape index (κ1) is 22.8. The molecule has 0 unspecified atom stereocenters. The van der Waals surface area contributed by atoms with Crippen LogP contribution in [0.4, 0.5) is 26.2 Å². The predicted molar refractivity (Wildman–Crippen MR) is 132 cm³/mol. The Bertz CT molecular complexity index is 1360. The number of nitrogens with one attached hydrogen (secondary N) is 3. The summed E-state index contributed by atoms with van der Waals surface area (Å²) in [5.41, 5.74) is 3.02. The summed E-state index contributed by atoms with van der Waals surface area (Å²) >= 11 is 0. The van der Waals surface area contributed by atoms with Gasteiger partial charge in [0.1, 0.15) is 5.82 Å². The smallest absolute Gasteiger partial charge is 0.321 e. The molecule has 0 aliphatic rings. The molecular weight excluding hydrogens is 435 g/mol. The average molecular weight is 461 g/mol. The summed E-state index contributed by atoms with van der Waals surface area (Å²) < 4.78 is 16.4. The zero-order valence-electron chi connectivity index (χ0n) is 19.1. The Morgan fingerprint density at radius 3 is 2.56 bits per heavy atom. The first-order valence-corrected chi connectivity index (χ1v) is 10.6. The molecule has 0 bridgehead atoms. The normalized spacial score (nSPS) is 10.7. The zero-order chi connectivity index (χ0) is 24.2. The van der Waals surface area contributed by atoms with E-state index in [0.717, 1.165) is 16.5 Å². The topological polar surface area (TPSA) is 91.3 Å². The fraction of sp³-hybridized carbons (Fsp3) is 0.160. The number of fused-ring (bicyclic) bond motifs is 1. The standard InChI is InChI=1S/C25H25FN6O2/c1-31(2)25(34)29-18-7-4-6-16(12-18)14-27-21-9-5-8-20(26)23(21)24(33)28-19-11-10-17-15-32(3)30-22(17)13-19/h4-13,15,27H,14H2,1-3H3,(H,28,33)(H,29,34). The van der Waals surface area contributed by atoms with Gasteiger partial charge in [0.2, 0.25) is 0 Å². The lowest BCUT2D eigenvalue weighted by molar-refractivity contribution is 0.102. The largest absolute Gasteiger partial charge is 0.380 e. The number of hydrogen-bond donors (Lipinski definition) is 3. The van der Waals surface area contributed by atoms with Crippen molar-refractivity contribution in [1.29, 1.82) is 0 Å². The van der Waals surface area contributed by atoms with E-state index in [2.05, 4.69) is 21.0 Å². The summed E-state index contributed by atoms with van der Waals surface area (Å²) in [6.07, 6.45) is 1.88. The molecule has 3 amide bonds. The van der Waals surface area contributed by atoms with E-state index in [9.17, 15) is 14.0 Å². The van der Waals surface area contributed by atoms with Crippen LogP contribution in [-0.4, -0.2) is 40.7 Å². The highest BCUT2D eigenvalue weighted by molar-refractivity contribution is 6.08. The average Bonchev–Trinajstić information content (AvgIpc) is 3.17. The van der Waals surface area contributed by atoms with E-state index >= 15 is 0 Å². The molecule has 8 nitrogen and oxygen atoms in total. The van der Waals surface area contributed by atoms with Gasteiger partial charge in [-0.15, -0.1) is 0 Å². The summed E-state index contributed by atoms with van der Waals surface area (Å²) in [7, 11) is 5.14. The highest BCUT2D eigenvalue weighted by atomic mass is 19.1. The Kier molecular flexibility index (Phi) is 6.44. The molecule has 0 saturated heterocycles. The van der Waals surface area contributed by atoms with E-state index in [1.807, 2.05) is 37.5 Å². The molecule has 0 fully saturated rings. The molecule has 1 aromatic heterocycles. The van der Waals surface area contributed by atoms with Crippen molar-refractivity contribution >= 4 is 39.9 Å². The van der Waals surface area contributed by atoms with Gasteiger partial charge in [-0.25, -0.2) is 9.18 Å². The number of rotatable bonds is 6. The first-order chi connectivity index (χ1) is 16.3. The van der Waals surface area contributed by atoms with Crippen LogP contribution in [-0.2, 0) is 13.6 Å². The number of benzene rings is 3. The molecule has 0 spiro atoms. The van der Waals surface area contributed by atoms with E-state index in [0.29, 0.717) is 23.6 Å². The summed E-state index contributed by atoms with van der Waals surface area (Å²) in [5, 5.41) is 14.0. The van der Waals surface area contributed by atoms with Crippen LogP contribution in [0.3, 0.4) is 0 Å². The molecule has 9 heteroatoms. The third kappa shape index (κ3) is 5.15. The molecule has 0 atom stereocenters. The molecule has 0 aliphatic carbocycles. The molecule has 3 N–H and O–H groups in total.